The molecule has 0 aliphatic carbocycles. The zero-order chi connectivity index (χ0) is 13.3. The first-order chi connectivity index (χ1) is 7.69. The summed E-state index contributed by atoms with van der Waals surface area (Å²) < 4.78 is 5.35. The maximum Gasteiger partial charge on any atom is 0.0833 e. The Labute approximate surface area is 108 Å². The number of likely N-dealkylation sites (N-methyl/N-ethyl adjacent to an activating group) is 1. The average molecular weight is 235 g/mol. The third kappa shape index (κ3) is 3.51. The second-order valence-electron chi connectivity index (χ2n) is 6.29. The lowest BCUT2D eigenvalue weighted by atomic mass is 9.68. The Bertz CT molecular complexity index is 300. The molecule has 0 aromatic heterocycles. The summed E-state index contributed by atoms with van der Waals surface area (Å²) in [6, 6.07) is 0. The van der Waals surface area contributed by atoms with Crippen molar-refractivity contribution in [2.24, 2.45) is 0 Å². The van der Waals surface area contributed by atoms with Crippen molar-refractivity contribution in [1.29, 1.82) is 0 Å². The molecule has 1 heterocycles. The number of hydrogen-bond acceptors (Lipinski definition) is 2. The number of nitrogens with zero attached hydrogens (tertiary/aromatic N) is 1. The van der Waals surface area contributed by atoms with Gasteiger partial charge in [-0.15, -0.1) is 0 Å². The van der Waals surface area contributed by atoms with Gasteiger partial charge in [0.25, 0.3) is 0 Å². The van der Waals surface area contributed by atoms with Crippen molar-refractivity contribution in [2.45, 2.75) is 58.3 Å². The van der Waals surface area contributed by atoms with Crippen LogP contribution in [0.5, 0.6) is 0 Å². The summed E-state index contributed by atoms with van der Waals surface area (Å²) in [5.74, 6) is 0. The number of ether oxygens (including phenoxy) is 1. The van der Waals surface area contributed by atoms with Crippen LogP contribution in [0.4, 0.5) is 0 Å². The maximum absolute atomic E-state index is 6.11. The van der Waals surface area contributed by atoms with Crippen molar-refractivity contribution >= 4 is 7.85 Å². The van der Waals surface area contributed by atoms with Crippen LogP contribution in [-0.4, -0.2) is 38.5 Å². The second-order valence-corrected chi connectivity index (χ2v) is 6.29. The third-order valence-corrected chi connectivity index (χ3v) is 3.59. The molecule has 0 unspecified atom stereocenters. The van der Waals surface area contributed by atoms with Crippen molar-refractivity contribution < 1.29 is 4.74 Å². The molecule has 1 saturated heterocycles. The minimum atomic E-state index is -0.137. The smallest absolute Gasteiger partial charge is 0.0833 e. The van der Waals surface area contributed by atoms with E-state index >= 15 is 0 Å². The van der Waals surface area contributed by atoms with Crippen molar-refractivity contribution in [1.82, 2.24) is 4.90 Å². The summed E-state index contributed by atoms with van der Waals surface area (Å²) >= 11 is 0. The monoisotopic (exact) mass is 235 g/mol. The zero-order valence-corrected chi connectivity index (χ0v) is 12.3. The molecule has 0 atom stereocenters. The highest BCUT2D eigenvalue weighted by Crippen LogP contribution is 2.34. The van der Waals surface area contributed by atoms with Crippen molar-refractivity contribution in [3.05, 3.63) is 11.3 Å². The van der Waals surface area contributed by atoms with Crippen LogP contribution in [0.25, 0.3) is 0 Å². The van der Waals surface area contributed by atoms with Gasteiger partial charge < -0.3 is 9.64 Å². The van der Waals surface area contributed by atoms with Crippen LogP contribution in [0, 0.1) is 0 Å². The largest absolute Gasteiger partial charge is 0.376 e. The van der Waals surface area contributed by atoms with E-state index in [1.54, 1.807) is 0 Å². The van der Waals surface area contributed by atoms with E-state index in [-0.39, 0.29) is 10.9 Å². The molecule has 1 fully saturated rings. The van der Waals surface area contributed by atoms with E-state index in [2.05, 4.69) is 46.6 Å². The normalized spacial score (nSPS) is 20.6. The van der Waals surface area contributed by atoms with E-state index in [9.17, 15) is 0 Å². The Balaban J connectivity index is 2.85. The molecule has 2 nitrogen and oxygen atoms in total. The van der Waals surface area contributed by atoms with Crippen molar-refractivity contribution in [3.8, 4) is 0 Å². The maximum atomic E-state index is 6.11. The van der Waals surface area contributed by atoms with Gasteiger partial charge in [-0.2, -0.15) is 0 Å². The summed E-state index contributed by atoms with van der Waals surface area (Å²) in [6.07, 6.45) is 1.99. The van der Waals surface area contributed by atoms with Gasteiger partial charge in [-0.3, -0.25) is 0 Å². The summed E-state index contributed by atoms with van der Waals surface area (Å²) in [7, 11) is 8.28. The average Bonchev–Trinajstić information content (AvgIpc) is 2.12. The molecule has 0 bridgehead atoms. The molecule has 3 heteroatoms. The summed E-state index contributed by atoms with van der Waals surface area (Å²) in [6.45, 7) is 12.5. The molecule has 0 saturated carbocycles. The van der Waals surface area contributed by atoms with Crippen LogP contribution in [0.1, 0.15) is 47.5 Å². The molecule has 2 radical (unpaired) electrons. The molecule has 0 spiro atoms. The predicted molar refractivity (Wildman–Crippen MR) is 74.4 cm³/mol. The summed E-state index contributed by atoms with van der Waals surface area (Å²) in [5, 5.41) is -0.137. The first-order valence-corrected chi connectivity index (χ1v) is 6.49. The molecule has 17 heavy (non-hydrogen) atoms. The quantitative estimate of drug-likeness (QED) is 0.679. The predicted octanol–water partition coefficient (Wildman–Crippen LogP) is 3.15. The van der Waals surface area contributed by atoms with Gasteiger partial charge in [0, 0.05) is 12.7 Å². The third-order valence-electron chi connectivity index (χ3n) is 3.59. The van der Waals surface area contributed by atoms with Gasteiger partial charge in [0.05, 0.1) is 26.6 Å². The Kier molecular flexibility index (Phi) is 4.35. The van der Waals surface area contributed by atoms with Crippen LogP contribution < -0.4 is 0 Å². The van der Waals surface area contributed by atoms with E-state index in [4.69, 9.17) is 12.6 Å². The molecule has 96 valence electrons. The van der Waals surface area contributed by atoms with Gasteiger partial charge >= 0.3 is 0 Å². The fourth-order valence-corrected chi connectivity index (χ4v) is 2.53. The van der Waals surface area contributed by atoms with Gasteiger partial charge in [-0.1, -0.05) is 31.7 Å². The fraction of sp³-hybridized carbons (Fsp3) is 0.857. The van der Waals surface area contributed by atoms with Gasteiger partial charge in [-0.25, -0.2) is 0 Å². The second kappa shape index (κ2) is 5.05. The Morgan fingerprint density at radius 3 is 2.24 bits per heavy atom. The van der Waals surface area contributed by atoms with Gasteiger partial charge in [0.1, 0.15) is 0 Å². The van der Waals surface area contributed by atoms with Crippen LogP contribution in [-0.2, 0) is 4.74 Å². The topological polar surface area (TPSA) is 12.5 Å². The summed E-state index contributed by atoms with van der Waals surface area (Å²) in [5.41, 5.74) is 2.98. The first-order valence-electron chi connectivity index (χ1n) is 6.49. The Morgan fingerprint density at radius 2 is 1.94 bits per heavy atom. The molecule has 1 aliphatic heterocycles. The Morgan fingerprint density at radius 1 is 1.41 bits per heavy atom. The van der Waals surface area contributed by atoms with Crippen LogP contribution in [0.3, 0.4) is 0 Å². The lowest BCUT2D eigenvalue weighted by molar-refractivity contribution is -0.111. The van der Waals surface area contributed by atoms with E-state index < -0.39 is 0 Å². The lowest BCUT2D eigenvalue weighted by Gasteiger charge is -2.48. The first kappa shape index (κ1) is 14.6. The van der Waals surface area contributed by atoms with E-state index in [0.717, 1.165) is 26.1 Å². The minimum Gasteiger partial charge on any atom is -0.376 e. The highest BCUT2D eigenvalue weighted by atomic mass is 16.5. The van der Waals surface area contributed by atoms with E-state index in [1.165, 1.54) is 11.3 Å². The highest BCUT2D eigenvalue weighted by Gasteiger charge is 2.38. The van der Waals surface area contributed by atoms with Crippen molar-refractivity contribution in [2.75, 3.05) is 20.3 Å². The fourth-order valence-electron chi connectivity index (χ4n) is 2.53. The standard InChI is InChI=1S/C14H26BNO/c1-7-12(11(2)8-13(3,4)15)16(6)14(5)9-17-10-14/h7-10H2,1-6H3/b12-11+. The number of allylic oxidation sites excluding steroid dienone is 2. The minimum absolute atomic E-state index is 0.137. The number of rotatable bonds is 5. The Hall–Kier alpha value is -0.435. The van der Waals surface area contributed by atoms with Crippen LogP contribution in [0.2, 0.25) is 5.31 Å². The summed E-state index contributed by atoms with van der Waals surface area (Å²) in [4.78, 5) is 2.39. The molecule has 1 aliphatic rings. The molecular weight excluding hydrogens is 209 g/mol. The van der Waals surface area contributed by atoms with Crippen LogP contribution >= 0.6 is 0 Å². The molecular formula is C14H26BNO. The van der Waals surface area contributed by atoms with Gasteiger partial charge in [0.2, 0.25) is 0 Å². The molecule has 1 rings (SSSR count). The zero-order valence-electron chi connectivity index (χ0n) is 12.3. The van der Waals surface area contributed by atoms with Gasteiger partial charge in [0.15, 0.2) is 0 Å². The molecule has 0 aromatic carbocycles. The number of hydrogen-bond donors (Lipinski definition) is 0. The van der Waals surface area contributed by atoms with Gasteiger partial charge in [-0.05, 0) is 26.7 Å². The lowest BCUT2D eigenvalue weighted by Crippen LogP contribution is -2.58. The molecule has 0 amide bonds. The molecule has 0 aromatic rings. The highest BCUT2D eigenvalue weighted by molar-refractivity contribution is 6.14. The van der Waals surface area contributed by atoms with E-state index in [1.807, 2.05) is 0 Å². The van der Waals surface area contributed by atoms with Crippen molar-refractivity contribution in [3.63, 3.8) is 0 Å². The SMILES string of the molecule is [B]C(C)(C)C/C(C)=C(\CC)N(C)C1(C)COC1. The molecule has 0 N–H and O–H groups in total. The van der Waals surface area contributed by atoms with Crippen LogP contribution in [0.15, 0.2) is 11.3 Å². The van der Waals surface area contributed by atoms with E-state index in [0.29, 0.717) is 0 Å².